The van der Waals surface area contributed by atoms with E-state index in [-0.39, 0.29) is 24.5 Å². The molecule has 8 heteroatoms. The average molecular weight is 392 g/mol. The van der Waals surface area contributed by atoms with Crippen molar-refractivity contribution in [2.45, 2.75) is 19.3 Å². The lowest BCUT2D eigenvalue weighted by Gasteiger charge is -2.08. The SMILES string of the molecule is COC(=O)CCC/C(=N/Nc1cccc(Cl)c1Br)C(=O)OC. The monoisotopic (exact) mass is 390 g/mol. The van der Waals surface area contributed by atoms with Gasteiger partial charge in [0.15, 0.2) is 0 Å². The first-order chi connectivity index (χ1) is 10.5. The molecule has 0 aliphatic heterocycles. The van der Waals surface area contributed by atoms with E-state index in [2.05, 4.69) is 35.9 Å². The zero-order chi connectivity index (χ0) is 16.5. The Morgan fingerprint density at radius 3 is 2.64 bits per heavy atom. The first-order valence-electron chi connectivity index (χ1n) is 6.41. The van der Waals surface area contributed by atoms with E-state index in [0.717, 1.165) is 0 Å². The van der Waals surface area contributed by atoms with Gasteiger partial charge in [0.2, 0.25) is 0 Å². The van der Waals surface area contributed by atoms with Crippen LogP contribution < -0.4 is 5.43 Å². The maximum Gasteiger partial charge on any atom is 0.354 e. The number of carbonyl (C=O) groups is 2. The number of halogens is 2. The lowest BCUT2D eigenvalue weighted by Crippen LogP contribution is -2.18. The summed E-state index contributed by atoms with van der Waals surface area (Å²) < 4.78 is 9.86. The largest absolute Gasteiger partial charge is 0.469 e. The number of methoxy groups -OCH3 is 2. The minimum Gasteiger partial charge on any atom is -0.469 e. The number of benzene rings is 1. The first-order valence-corrected chi connectivity index (χ1v) is 7.58. The second-order valence-corrected chi connectivity index (χ2v) is 5.39. The standard InChI is InChI=1S/C14H16BrClN2O4/c1-21-12(19)8-4-7-11(14(20)22-2)18-17-10-6-3-5-9(16)13(10)15/h3,5-6,17H,4,7-8H2,1-2H3/b18-11-. The Hall–Kier alpha value is -1.60. The fraction of sp³-hybridized carbons (Fsp3) is 0.357. The van der Waals surface area contributed by atoms with E-state index in [0.29, 0.717) is 21.6 Å². The number of nitrogens with one attached hydrogen (secondary N) is 1. The Balaban J connectivity index is 2.76. The molecule has 6 nitrogen and oxygen atoms in total. The van der Waals surface area contributed by atoms with E-state index < -0.39 is 5.97 Å². The number of carbonyl (C=O) groups excluding carboxylic acids is 2. The summed E-state index contributed by atoms with van der Waals surface area (Å²) in [5, 5.41) is 4.56. The number of hydrogen-bond donors (Lipinski definition) is 1. The Morgan fingerprint density at radius 2 is 2.00 bits per heavy atom. The van der Waals surface area contributed by atoms with Crippen LogP contribution in [0.2, 0.25) is 5.02 Å². The highest BCUT2D eigenvalue weighted by molar-refractivity contribution is 9.10. The van der Waals surface area contributed by atoms with Crippen molar-refractivity contribution in [2.24, 2.45) is 5.10 Å². The highest BCUT2D eigenvalue weighted by Crippen LogP contribution is 2.30. The number of hydrogen-bond acceptors (Lipinski definition) is 6. The third kappa shape index (κ3) is 5.65. The summed E-state index contributed by atoms with van der Waals surface area (Å²) in [6.45, 7) is 0. The van der Waals surface area contributed by atoms with E-state index in [4.69, 9.17) is 11.6 Å². The van der Waals surface area contributed by atoms with Crippen LogP contribution in [0.15, 0.2) is 27.8 Å². The van der Waals surface area contributed by atoms with Gasteiger partial charge in [-0.3, -0.25) is 10.2 Å². The molecule has 0 radical (unpaired) electrons. The zero-order valence-corrected chi connectivity index (χ0v) is 14.5. The van der Waals surface area contributed by atoms with E-state index in [1.165, 1.54) is 14.2 Å². The molecule has 1 N–H and O–H groups in total. The Kier molecular flexibility index (Phi) is 7.90. The molecule has 0 aromatic heterocycles. The molecule has 0 saturated carbocycles. The molecular weight excluding hydrogens is 376 g/mol. The van der Waals surface area contributed by atoms with Crippen LogP contribution in [0.4, 0.5) is 5.69 Å². The quantitative estimate of drug-likeness (QED) is 0.438. The summed E-state index contributed by atoms with van der Waals surface area (Å²) in [6.07, 6.45) is 0.916. The molecule has 0 heterocycles. The number of anilines is 1. The molecule has 0 spiro atoms. The number of rotatable bonds is 7. The van der Waals surface area contributed by atoms with Crippen molar-refractivity contribution in [3.8, 4) is 0 Å². The number of esters is 2. The van der Waals surface area contributed by atoms with Gasteiger partial charge in [-0.25, -0.2) is 4.79 Å². The molecule has 1 aromatic rings. The van der Waals surface area contributed by atoms with Gasteiger partial charge in [-0.1, -0.05) is 17.7 Å². The molecule has 120 valence electrons. The lowest BCUT2D eigenvalue weighted by atomic mass is 10.1. The van der Waals surface area contributed by atoms with Crippen LogP contribution in [-0.2, 0) is 19.1 Å². The summed E-state index contributed by atoms with van der Waals surface area (Å²) in [7, 11) is 2.59. The summed E-state index contributed by atoms with van der Waals surface area (Å²) in [5.41, 5.74) is 3.55. The summed E-state index contributed by atoms with van der Waals surface area (Å²) in [6, 6.07) is 5.22. The molecule has 0 aliphatic carbocycles. The van der Waals surface area contributed by atoms with Crippen molar-refractivity contribution in [3.63, 3.8) is 0 Å². The third-order valence-corrected chi connectivity index (χ3v) is 4.10. The van der Waals surface area contributed by atoms with E-state index in [9.17, 15) is 9.59 Å². The normalized spacial score (nSPS) is 11.0. The van der Waals surface area contributed by atoms with Gasteiger partial charge < -0.3 is 9.47 Å². The van der Waals surface area contributed by atoms with Gasteiger partial charge in [-0.05, 0) is 40.9 Å². The molecular formula is C14H16BrClN2O4. The van der Waals surface area contributed by atoms with Gasteiger partial charge in [-0.15, -0.1) is 0 Å². The van der Waals surface area contributed by atoms with Crippen molar-refractivity contribution >= 4 is 50.9 Å². The van der Waals surface area contributed by atoms with Crippen LogP contribution in [0.25, 0.3) is 0 Å². The second-order valence-electron chi connectivity index (χ2n) is 4.19. The summed E-state index contributed by atoms with van der Waals surface area (Å²) >= 11 is 9.30. The Morgan fingerprint density at radius 1 is 1.27 bits per heavy atom. The fourth-order valence-corrected chi connectivity index (χ4v) is 2.07. The number of ether oxygens (including phenoxy) is 2. The molecule has 0 unspecified atom stereocenters. The van der Waals surface area contributed by atoms with Crippen molar-refractivity contribution < 1.29 is 19.1 Å². The van der Waals surface area contributed by atoms with Crippen molar-refractivity contribution in [3.05, 3.63) is 27.7 Å². The Bertz CT molecular complexity index is 578. The van der Waals surface area contributed by atoms with Crippen LogP contribution in [0.1, 0.15) is 19.3 Å². The molecule has 0 atom stereocenters. The van der Waals surface area contributed by atoms with E-state index in [1.54, 1.807) is 18.2 Å². The van der Waals surface area contributed by atoms with Gasteiger partial charge in [0, 0.05) is 6.42 Å². The lowest BCUT2D eigenvalue weighted by molar-refractivity contribution is -0.140. The molecule has 1 rings (SSSR count). The molecule has 22 heavy (non-hydrogen) atoms. The molecule has 0 bridgehead atoms. The van der Waals surface area contributed by atoms with Crippen LogP contribution in [0.5, 0.6) is 0 Å². The highest BCUT2D eigenvalue weighted by atomic mass is 79.9. The number of nitrogens with zero attached hydrogens (tertiary/aromatic N) is 1. The van der Waals surface area contributed by atoms with Gasteiger partial charge in [0.1, 0.15) is 5.71 Å². The predicted octanol–water partition coefficient (Wildman–Crippen LogP) is 3.39. The minimum atomic E-state index is -0.560. The van der Waals surface area contributed by atoms with Crippen LogP contribution in [-0.4, -0.2) is 31.9 Å². The third-order valence-electron chi connectivity index (χ3n) is 2.71. The van der Waals surface area contributed by atoms with Crippen molar-refractivity contribution in [1.29, 1.82) is 0 Å². The van der Waals surface area contributed by atoms with Crippen LogP contribution in [0.3, 0.4) is 0 Å². The molecule has 1 aromatic carbocycles. The van der Waals surface area contributed by atoms with E-state index >= 15 is 0 Å². The van der Waals surface area contributed by atoms with Crippen LogP contribution >= 0.6 is 27.5 Å². The molecule has 0 aliphatic rings. The minimum absolute atomic E-state index is 0.179. The van der Waals surface area contributed by atoms with Crippen molar-refractivity contribution in [1.82, 2.24) is 0 Å². The fourth-order valence-electron chi connectivity index (χ4n) is 1.54. The van der Waals surface area contributed by atoms with Gasteiger partial charge >= 0.3 is 11.9 Å². The highest BCUT2D eigenvalue weighted by Gasteiger charge is 2.13. The van der Waals surface area contributed by atoms with Crippen LogP contribution in [0, 0.1) is 0 Å². The first kappa shape index (κ1) is 18.4. The van der Waals surface area contributed by atoms with E-state index in [1.807, 2.05) is 0 Å². The molecule has 0 amide bonds. The maximum absolute atomic E-state index is 11.7. The molecule has 0 fully saturated rings. The number of hydrazone groups is 1. The smallest absolute Gasteiger partial charge is 0.354 e. The topological polar surface area (TPSA) is 77.0 Å². The Labute approximate surface area is 141 Å². The maximum atomic E-state index is 11.7. The average Bonchev–Trinajstić information content (AvgIpc) is 2.53. The van der Waals surface area contributed by atoms with Gasteiger partial charge in [0.25, 0.3) is 0 Å². The van der Waals surface area contributed by atoms with Crippen molar-refractivity contribution in [2.75, 3.05) is 19.6 Å². The van der Waals surface area contributed by atoms with Gasteiger partial charge in [0.05, 0.1) is 29.4 Å². The summed E-state index contributed by atoms with van der Waals surface area (Å²) in [4.78, 5) is 22.8. The predicted molar refractivity (Wildman–Crippen MR) is 88.1 cm³/mol. The second kappa shape index (κ2) is 9.42. The molecule has 0 saturated heterocycles. The summed E-state index contributed by atoms with van der Waals surface area (Å²) in [5.74, 6) is -0.898. The van der Waals surface area contributed by atoms with Gasteiger partial charge in [-0.2, -0.15) is 5.10 Å². The zero-order valence-electron chi connectivity index (χ0n) is 12.2.